The minimum atomic E-state index is 0.627. The van der Waals surface area contributed by atoms with Gasteiger partial charge in [-0.1, -0.05) is 20.8 Å². The molecule has 0 heterocycles. The summed E-state index contributed by atoms with van der Waals surface area (Å²) in [6, 6.07) is 1.31. The number of unbranched alkanes of at least 4 members (excludes halogenated alkanes) is 1. The molecule has 13 heavy (non-hydrogen) atoms. The highest BCUT2D eigenvalue weighted by atomic mass is 14.9. The molecule has 0 amide bonds. The van der Waals surface area contributed by atoms with Crippen LogP contribution in [0.5, 0.6) is 0 Å². The van der Waals surface area contributed by atoms with Crippen LogP contribution in [-0.4, -0.2) is 25.2 Å². The van der Waals surface area contributed by atoms with Gasteiger partial charge < -0.3 is 10.6 Å². The molecule has 0 fully saturated rings. The van der Waals surface area contributed by atoms with Gasteiger partial charge in [-0.3, -0.25) is 0 Å². The zero-order valence-electron chi connectivity index (χ0n) is 9.69. The van der Waals surface area contributed by atoms with E-state index >= 15 is 0 Å². The van der Waals surface area contributed by atoms with Crippen LogP contribution in [0.2, 0.25) is 0 Å². The third kappa shape index (κ3) is 9.84. The van der Waals surface area contributed by atoms with Crippen molar-refractivity contribution < 1.29 is 0 Å². The summed E-state index contributed by atoms with van der Waals surface area (Å²) in [6.07, 6.45) is 3.79. The summed E-state index contributed by atoms with van der Waals surface area (Å²) in [7, 11) is 0. The Labute approximate surface area is 83.5 Å². The van der Waals surface area contributed by atoms with E-state index in [2.05, 4.69) is 38.3 Å². The van der Waals surface area contributed by atoms with Gasteiger partial charge in [0.15, 0.2) is 0 Å². The highest BCUT2D eigenvalue weighted by molar-refractivity contribution is 4.58. The van der Waals surface area contributed by atoms with Crippen molar-refractivity contribution in [1.29, 1.82) is 0 Å². The van der Waals surface area contributed by atoms with Crippen LogP contribution >= 0.6 is 0 Å². The molecule has 0 bridgehead atoms. The molecular weight excluding hydrogens is 160 g/mol. The molecule has 0 saturated carbocycles. The molecule has 2 N–H and O–H groups in total. The molecule has 0 saturated heterocycles. The summed E-state index contributed by atoms with van der Waals surface area (Å²) in [5.41, 5.74) is 0. The van der Waals surface area contributed by atoms with Gasteiger partial charge in [-0.2, -0.15) is 0 Å². The molecule has 1 unspecified atom stereocenters. The second-order valence-electron chi connectivity index (χ2n) is 4.08. The Kier molecular flexibility index (Phi) is 8.46. The van der Waals surface area contributed by atoms with Crippen molar-refractivity contribution in [2.75, 3.05) is 13.1 Å². The van der Waals surface area contributed by atoms with E-state index in [1.165, 1.54) is 19.3 Å². The van der Waals surface area contributed by atoms with E-state index < -0.39 is 0 Å². The minimum Gasteiger partial charge on any atom is -0.315 e. The van der Waals surface area contributed by atoms with Gasteiger partial charge in [0, 0.05) is 12.1 Å². The van der Waals surface area contributed by atoms with Crippen LogP contribution in [0.25, 0.3) is 0 Å². The lowest BCUT2D eigenvalue weighted by Crippen LogP contribution is -2.28. The molecule has 2 nitrogen and oxygen atoms in total. The fourth-order valence-corrected chi connectivity index (χ4v) is 1.13. The second kappa shape index (κ2) is 8.52. The summed E-state index contributed by atoms with van der Waals surface area (Å²) in [6.45, 7) is 11.2. The predicted molar refractivity (Wildman–Crippen MR) is 60.1 cm³/mol. The molecular formula is C11H26N2. The van der Waals surface area contributed by atoms with Crippen LogP contribution in [0.3, 0.4) is 0 Å². The molecule has 0 aliphatic heterocycles. The number of nitrogens with one attached hydrogen (secondary N) is 2. The molecule has 0 radical (unpaired) electrons. The van der Waals surface area contributed by atoms with Crippen LogP contribution < -0.4 is 10.6 Å². The van der Waals surface area contributed by atoms with Gasteiger partial charge in [0.1, 0.15) is 0 Å². The Morgan fingerprint density at radius 2 is 1.46 bits per heavy atom. The molecule has 0 aromatic rings. The van der Waals surface area contributed by atoms with E-state index in [1.54, 1.807) is 0 Å². The van der Waals surface area contributed by atoms with Gasteiger partial charge in [0.05, 0.1) is 0 Å². The van der Waals surface area contributed by atoms with Crippen molar-refractivity contribution in [1.82, 2.24) is 10.6 Å². The molecule has 0 aromatic carbocycles. The van der Waals surface area contributed by atoms with Crippen LogP contribution in [0.1, 0.15) is 47.0 Å². The molecule has 0 aliphatic carbocycles. The summed E-state index contributed by atoms with van der Waals surface area (Å²) >= 11 is 0. The van der Waals surface area contributed by atoms with Gasteiger partial charge in [-0.25, -0.2) is 0 Å². The van der Waals surface area contributed by atoms with Crippen molar-refractivity contribution in [3.63, 3.8) is 0 Å². The normalized spacial score (nSPS) is 13.6. The topological polar surface area (TPSA) is 24.1 Å². The van der Waals surface area contributed by atoms with Crippen LogP contribution in [0, 0.1) is 0 Å². The Morgan fingerprint density at radius 1 is 0.923 bits per heavy atom. The molecule has 0 spiro atoms. The van der Waals surface area contributed by atoms with E-state index in [0.717, 1.165) is 13.1 Å². The van der Waals surface area contributed by atoms with Crippen molar-refractivity contribution >= 4 is 0 Å². The number of rotatable bonds is 8. The first-order valence-electron chi connectivity index (χ1n) is 5.63. The lowest BCUT2D eigenvalue weighted by Gasteiger charge is -2.11. The minimum absolute atomic E-state index is 0.627. The quantitative estimate of drug-likeness (QED) is 0.568. The SMILES string of the molecule is CCC(C)NCCCCNC(C)C. The smallest absolute Gasteiger partial charge is 0.00360 e. The standard InChI is InChI=1S/C11H26N2/c1-5-11(4)13-9-7-6-8-12-10(2)3/h10-13H,5-9H2,1-4H3. The maximum atomic E-state index is 3.49. The summed E-state index contributed by atoms with van der Waals surface area (Å²) in [5.74, 6) is 0. The maximum Gasteiger partial charge on any atom is 0.00360 e. The highest BCUT2D eigenvalue weighted by Crippen LogP contribution is 1.90. The monoisotopic (exact) mass is 186 g/mol. The highest BCUT2D eigenvalue weighted by Gasteiger charge is 1.96. The largest absolute Gasteiger partial charge is 0.315 e. The van der Waals surface area contributed by atoms with E-state index in [0.29, 0.717) is 12.1 Å². The third-order valence-corrected chi connectivity index (χ3v) is 2.26. The average Bonchev–Trinajstić information content (AvgIpc) is 2.10. The van der Waals surface area contributed by atoms with Gasteiger partial charge >= 0.3 is 0 Å². The Morgan fingerprint density at radius 3 is 1.92 bits per heavy atom. The van der Waals surface area contributed by atoms with Gasteiger partial charge in [-0.15, -0.1) is 0 Å². The second-order valence-corrected chi connectivity index (χ2v) is 4.08. The first-order chi connectivity index (χ1) is 6.16. The maximum absolute atomic E-state index is 3.49. The fraction of sp³-hybridized carbons (Fsp3) is 1.00. The molecule has 0 rings (SSSR count). The Balaban J connectivity index is 2.99. The van der Waals surface area contributed by atoms with E-state index in [-0.39, 0.29) is 0 Å². The van der Waals surface area contributed by atoms with Crippen molar-refractivity contribution in [2.24, 2.45) is 0 Å². The molecule has 2 heteroatoms. The lowest BCUT2D eigenvalue weighted by molar-refractivity contribution is 0.498. The van der Waals surface area contributed by atoms with Crippen molar-refractivity contribution in [3.8, 4) is 0 Å². The zero-order chi connectivity index (χ0) is 10.1. The Hall–Kier alpha value is -0.0800. The van der Waals surface area contributed by atoms with Gasteiger partial charge in [0.25, 0.3) is 0 Å². The van der Waals surface area contributed by atoms with Crippen LogP contribution in [-0.2, 0) is 0 Å². The van der Waals surface area contributed by atoms with Crippen molar-refractivity contribution in [3.05, 3.63) is 0 Å². The van der Waals surface area contributed by atoms with E-state index in [4.69, 9.17) is 0 Å². The molecule has 0 aliphatic rings. The summed E-state index contributed by atoms with van der Waals surface area (Å²) < 4.78 is 0. The first-order valence-corrected chi connectivity index (χ1v) is 5.63. The number of hydrogen-bond acceptors (Lipinski definition) is 2. The Bertz CT molecular complexity index is 102. The van der Waals surface area contributed by atoms with Crippen LogP contribution in [0.4, 0.5) is 0 Å². The van der Waals surface area contributed by atoms with Gasteiger partial charge in [-0.05, 0) is 39.3 Å². The zero-order valence-corrected chi connectivity index (χ0v) is 9.69. The van der Waals surface area contributed by atoms with Gasteiger partial charge in [0.2, 0.25) is 0 Å². The molecule has 0 aromatic heterocycles. The first kappa shape index (κ1) is 12.9. The lowest BCUT2D eigenvalue weighted by atomic mass is 10.2. The molecule has 1 atom stereocenters. The number of hydrogen-bond donors (Lipinski definition) is 2. The molecule has 80 valence electrons. The summed E-state index contributed by atoms with van der Waals surface area (Å²) in [5, 5.41) is 6.91. The predicted octanol–water partition coefficient (Wildman–Crippen LogP) is 2.15. The summed E-state index contributed by atoms with van der Waals surface area (Å²) in [4.78, 5) is 0. The average molecular weight is 186 g/mol. The van der Waals surface area contributed by atoms with E-state index in [1.807, 2.05) is 0 Å². The fourth-order valence-electron chi connectivity index (χ4n) is 1.13. The third-order valence-electron chi connectivity index (χ3n) is 2.26. The van der Waals surface area contributed by atoms with Crippen molar-refractivity contribution in [2.45, 2.75) is 59.0 Å². The van der Waals surface area contributed by atoms with E-state index in [9.17, 15) is 0 Å². The van der Waals surface area contributed by atoms with Crippen LogP contribution in [0.15, 0.2) is 0 Å².